The van der Waals surface area contributed by atoms with E-state index < -0.39 is 5.97 Å². The first-order valence-electron chi connectivity index (χ1n) is 5.80. The van der Waals surface area contributed by atoms with E-state index >= 15 is 0 Å². The van der Waals surface area contributed by atoms with Crippen LogP contribution in [0.1, 0.15) is 32.6 Å². The molecule has 16 heavy (non-hydrogen) atoms. The second-order valence-corrected chi connectivity index (χ2v) is 4.55. The fourth-order valence-electron chi connectivity index (χ4n) is 2.11. The van der Waals surface area contributed by atoms with Crippen LogP contribution >= 0.6 is 0 Å². The Bertz CT molecular complexity index is 275. The van der Waals surface area contributed by atoms with E-state index in [0.717, 1.165) is 25.7 Å². The van der Waals surface area contributed by atoms with Crippen LogP contribution in [0, 0.1) is 0 Å². The van der Waals surface area contributed by atoms with Crippen LogP contribution in [-0.2, 0) is 4.79 Å². The molecule has 2 unspecified atom stereocenters. The molecule has 0 spiro atoms. The van der Waals surface area contributed by atoms with Crippen molar-refractivity contribution in [2.75, 3.05) is 13.6 Å². The lowest BCUT2D eigenvalue weighted by molar-refractivity contribution is -0.132. The van der Waals surface area contributed by atoms with Gasteiger partial charge in [0, 0.05) is 18.2 Å². The summed E-state index contributed by atoms with van der Waals surface area (Å²) in [5.41, 5.74) is 0.358. The predicted octanol–water partition coefficient (Wildman–Crippen LogP) is 1.25. The molecule has 0 aromatic carbocycles. The Hall–Kier alpha value is -0.870. The van der Waals surface area contributed by atoms with Crippen LogP contribution in [0.5, 0.6) is 0 Å². The van der Waals surface area contributed by atoms with Gasteiger partial charge in [0.25, 0.3) is 0 Å². The highest BCUT2D eigenvalue weighted by Crippen LogP contribution is 2.22. The fourth-order valence-corrected chi connectivity index (χ4v) is 2.11. The summed E-state index contributed by atoms with van der Waals surface area (Å²) >= 11 is 0. The van der Waals surface area contributed by atoms with E-state index in [1.54, 1.807) is 13.0 Å². The minimum Gasteiger partial charge on any atom is -0.478 e. The van der Waals surface area contributed by atoms with Gasteiger partial charge in [-0.3, -0.25) is 4.90 Å². The number of carboxylic acid groups (broad SMARTS) is 1. The van der Waals surface area contributed by atoms with Gasteiger partial charge in [0.05, 0.1) is 6.10 Å². The second kappa shape index (κ2) is 6.01. The maximum absolute atomic E-state index is 10.6. The molecule has 1 aliphatic carbocycles. The monoisotopic (exact) mass is 227 g/mol. The van der Waals surface area contributed by atoms with Crippen molar-refractivity contribution in [1.29, 1.82) is 0 Å². The van der Waals surface area contributed by atoms with Crippen LogP contribution in [0.15, 0.2) is 11.6 Å². The van der Waals surface area contributed by atoms with Gasteiger partial charge >= 0.3 is 5.97 Å². The standard InChI is InChI=1S/C12H21NO3/c1-9(12(15)16)7-8-13(2)10-5-3-4-6-11(10)14/h7,10-11,14H,3-6,8H2,1-2H3,(H,15,16)/b9-7-. The fraction of sp³-hybridized carbons (Fsp3) is 0.750. The van der Waals surface area contributed by atoms with Gasteiger partial charge in [-0.25, -0.2) is 4.79 Å². The van der Waals surface area contributed by atoms with E-state index in [1.165, 1.54) is 0 Å². The lowest BCUT2D eigenvalue weighted by Gasteiger charge is -2.34. The summed E-state index contributed by atoms with van der Waals surface area (Å²) in [7, 11) is 1.94. The van der Waals surface area contributed by atoms with Crippen LogP contribution in [0.4, 0.5) is 0 Å². The van der Waals surface area contributed by atoms with Crippen molar-refractivity contribution in [3.63, 3.8) is 0 Å². The molecule has 0 aromatic heterocycles. The van der Waals surface area contributed by atoms with Crippen molar-refractivity contribution in [3.05, 3.63) is 11.6 Å². The van der Waals surface area contributed by atoms with Crippen molar-refractivity contribution in [2.45, 2.75) is 44.8 Å². The molecule has 0 radical (unpaired) electrons. The van der Waals surface area contributed by atoms with Crippen LogP contribution in [-0.4, -0.2) is 46.8 Å². The number of hydrogen-bond donors (Lipinski definition) is 2. The van der Waals surface area contributed by atoms with Gasteiger partial charge in [-0.05, 0) is 26.8 Å². The Balaban J connectivity index is 2.47. The molecule has 2 atom stereocenters. The summed E-state index contributed by atoms with van der Waals surface area (Å²) in [5, 5.41) is 18.6. The van der Waals surface area contributed by atoms with Gasteiger partial charge in [0.1, 0.15) is 0 Å². The number of aliphatic hydroxyl groups excluding tert-OH is 1. The minimum absolute atomic E-state index is 0.173. The number of nitrogens with zero attached hydrogens (tertiary/aromatic N) is 1. The third kappa shape index (κ3) is 3.61. The van der Waals surface area contributed by atoms with E-state index in [-0.39, 0.29) is 12.1 Å². The highest BCUT2D eigenvalue weighted by atomic mass is 16.4. The normalized spacial score (nSPS) is 27.1. The Kier molecular flexibility index (Phi) is 4.96. The highest BCUT2D eigenvalue weighted by Gasteiger charge is 2.25. The van der Waals surface area contributed by atoms with Gasteiger partial charge in [0.15, 0.2) is 0 Å². The van der Waals surface area contributed by atoms with Crippen molar-refractivity contribution in [3.8, 4) is 0 Å². The summed E-state index contributed by atoms with van der Waals surface area (Å²) in [4.78, 5) is 12.7. The van der Waals surface area contributed by atoms with Gasteiger partial charge in [-0.2, -0.15) is 0 Å². The minimum atomic E-state index is -0.877. The van der Waals surface area contributed by atoms with E-state index in [4.69, 9.17) is 5.11 Å². The zero-order valence-corrected chi connectivity index (χ0v) is 10.0. The maximum Gasteiger partial charge on any atom is 0.330 e. The number of carboxylic acids is 1. The van der Waals surface area contributed by atoms with Crippen LogP contribution in [0.25, 0.3) is 0 Å². The molecular weight excluding hydrogens is 206 g/mol. The van der Waals surface area contributed by atoms with Crippen molar-refractivity contribution in [2.24, 2.45) is 0 Å². The van der Waals surface area contributed by atoms with Gasteiger partial charge in [-0.1, -0.05) is 18.9 Å². The Morgan fingerprint density at radius 2 is 2.06 bits per heavy atom. The van der Waals surface area contributed by atoms with Crippen LogP contribution in [0.3, 0.4) is 0 Å². The Labute approximate surface area is 96.6 Å². The number of hydrogen-bond acceptors (Lipinski definition) is 3. The van der Waals surface area contributed by atoms with Crippen molar-refractivity contribution >= 4 is 5.97 Å². The summed E-state index contributed by atoms with van der Waals surface area (Å²) in [5.74, 6) is -0.877. The van der Waals surface area contributed by atoms with Crippen LogP contribution in [0.2, 0.25) is 0 Å². The molecule has 4 nitrogen and oxygen atoms in total. The summed E-state index contributed by atoms with van der Waals surface area (Å²) in [6.45, 7) is 2.17. The first-order valence-corrected chi connectivity index (χ1v) is 5.80. The Morgan fingerprint density at radius 1 is 1.44 bits per heavy atom. The molecule has 0 heterocycles. The smallest absolute Gasteiger partial charge is 0.330 e. The highest BCUT2D eigenvalue weighted by molar-refractivity contribution is 5.85. The molecule has 0 amide bonds. The topological polar surface area (TPSA) is 60.8 Å². The number of carbonyl (C=O) groups is 1. The lowest BCUT2D eigenvalue weighted by atomic mass is 9.91. The lowest BCUT2D eigenvalue weighted by Crippen LogP contribution is -2.43. The predicted molar refractivity (Wildman–Crippen MR) is 62.3 cm³/mol. The van der Waals surface area contributed by atoms with Gasteiger partial charge in [-0.15, -0.1) is 0 Å². The molecule has 0 aromatic rings. The maximum atomic E-state index is 10.6. The van der Waals surface area contributed by atoms with Crippen LogP contribution < -0.4 is 0 Å². The van der Waals surface area contributed by atoms with Gasteiger partial charge in [0.2, 0.25) is 0 Å². The number of likely N-dealkylation sites (N-methyl/N-ethyl adjacent to an activating group) is 1. The molecular formula is C12H21NO3. The van der Waals surface area contributed by atoms with E-state index in [0.29, 0.717) is 12.1 Å². The third-order valence-electron chi connectivity index (χ3n) is 3.28. The second-order valence-electron chi connectivity index (χ2n) is 4.55. The first kappa shape index (κ1) is 13.2. The largest absolute Gasteiger partial charge is 0.478 e. The van der Waals surface area contributed by atoms with E-state index in [9.17, 15) is 9.90 Å². The van der Waals surface area contributed by atoms with E-state index in [1.807, 2.05) is 11.9 Å². The quantitative estimate of drug-likeness (QED) is 0.710. The zero-order valence-electron chi connectivity index (χ0n) is 10.0. The average molecular weight is 227 g/mol. The number of aliphatic hydroxyl groups is 1. The van der Waals surface area contributed by atoms with Crippen molar-refractivity contribution < 1.29 is 15.0 Å². The molecule has 92 valence electrons. The molecule has 1 fully saturated rings. The summed E-state index contributed by atoms with van der Waals surface area (Å²) < 4.78 is 0. The number of rotatable bonds is 4. The molecule has 1 rings (SSSR count). The first-order chi connectivity index (χ1) is 7.52. The van der Waals surface area contributed by atoms with Gasteiger partial charge < -0.3 is 10.2 Å². The number of aliphatic carboxylic acids is 1. The zero-order chi connectivity index (χ0) is 12.1. The molecule has 0 saturated heterocycles. The molecule has 0 aliphatic heterocycles. The Morgan fingerprint density at radius 3 is 2.62 bits per heavy atom. The molecule has 0 bridgehead atoms. The SMILES string of the molecule is C/C(=C/CN(C)C1CCCCC1O)C(=O)O. The van der Waals surface area contributed by atoms with Crippen molar-refractivity contribution in [1.82, 2.24) is 4.90 Å². The molecule has 1 aliphatic rings. The molecule has 2 N–H and O–H groups in total. The summed E-state index contributed by atoms with van der Waals surface area (Å²) in [6, 6.07) is 0.173. The summed E-state index contributed by atoms with van der Waals surface area (Å²) in [6.07, 6.45) is 5.53. The molecule has 4 heteroatoms. The average Bonchev–Trinajstić information content (AvgIpc) is 2.25. The van der Waals surface area contributed by atoms with E-state index in [2.05, 4.69) is 0 Å². The third-order valence-corrected chi connectivity index (χ3v) is 3.28. The molecule has 1 saturated carbocycles.